The number of hydrogen-bond donors (Lipinski definition) is 2. The highest BCUT2D eigenvalue weighted by Crippen LogP contribution is 2.28. The van der Waals surface area contributed by atoms with Crippen molar-refractivity contribution in [3.8, 4) is 11.5 Å². The Hall–Kier alpha value is -4.73. The van der Waals surface area contributed by atoms with Crippen molar-refractivity contribution >= 4 is 35.0 Å². The zero-order valence-corrected chi connectivity index (χ0v) is 22.7. The van der Waals surface area contributed by atoms with E-state index in [1.165, 1.54) is 0 Å². The monoisotopic (exact) mass is 581 g/mol. The molecule has 1 aromatic heterocycles. The lowest BCUT2D eigenvalue weighted by Crippen LogP contribution is -2.04. The number of carbonyl (C=O) groups is 2. The lowest BCUT2D eigenvalue weighted by atomic mass is 10.0. The number of ether oxygens (including phenoxy) is 2. The van der Waals surface area contributed by atoms with Crippen molar-refractivity contribution in [2.75, 3.05) is 13.2 Å². The van der Waals surface area contributed by atoms with Gasteiger partial charge in [-0.05, 0) is 66.3 Å². The predicted molar refractivity (Wildman–Crippen MR) is 152 cm³/mol. The highest BCUT2D eigenvalue weighted by atomic mass is 19.2. The molecule has 4 rings (SSSR count). The zero-order valence-electron chi connectivity index (χ0n) is 22.7. The minimum atomic E-state index is -1.56. The summed E-state index contributed by atoms with van der Waals surface area (Å²) in [5.41, 5.74) is 3.27. The van der Waals surface area contributed by atoms with Crippen molar-refractivity contribution in [2.45, 2.75) is 38.6 Å². The molecule has 0 aliphatic carbocycles. The predicted octanol–water partition coefficient (Wildman–Crippen LogP) is 6.96. The molecule has 1 heterocycles. The Bertz CT molecular complexity index is 1580. The molecule has 0 bridgehead atoms. The Balaban J connectivity index is 1.33. The number of benzene rings is 3. The van der Waals surface area contributed by atoms with E-state index in [2.05, 4.69) is 0 Å². The van der Waals surface area contributed by atoms with Gasteiger partial charge >= 0.3 is 11.9 Å². The second-order valence-electron chi connectivity index (χ2n) is 9.64. The summed E-state index contributed by atoms with van der Waals surface area (Å²) in [4.78, 5) is 22.4. The Morgan fingerprint density at radius 2 is 1.55 bits per heavy atom. The van der Waals surface area contributed by atoms with Crippen LogP contribution >= 0.6 is 0 Å². The molecular formula is C32H30F3NO6. The first-order valence-electron chi connectivity index (χ1n) is 13.4. The van der Waals surface area contributed by atoms with Crippen LogP contribution in [0.4, 0.5) is 13.2 Å². The molecule has 0 radical (unpaired) electrons. The lowest BCUT2D eigenvalue weighted by Gasteiger charge is -2.09. The first kappa shape index (κ1) is 30.2. The van der Waals surface area contributed by atoms with Crippen LogP contribution in [0.5, 0.6) is 11.5 Å². The van der Waals surface area contributed by atoms with E-state index >= 15 is 0 Å². The molecule has 0 amide bonds. The van der Waals surface area contributed by atoms with Gasteiger partial charge in [0.15, 0.2) is 17.4 Å². The Kier molecular flexibility index (Phi) is 10.3. The maximum atomic E-state index is 13.6. The van der Waals surface area contributed by atoms with Crippen LogP contribution in [-0.2, 0) is 22.6 Å². The van der Waals surface area contributed by atoms with Gasteiger partial charge in [-0.1, -0.05) is 36.4 Å². The van der Waals surface area contributed by atoms with E-state index in [9.17, 15) is 27.9 Å². The summed E-state index contributed by atoms with van der Waals surface area (Å²) in [7, 11) is 0. The van der Waals surface area contributed by atoms with Gasteiger partial charge in [-0.25, -0.2) is 8.78 Å². The van der Waals surface area contributed by atoms with E-state index in [1.54, 1.807) is 6.20 Å². The number of carboxylic acid groups (broad SMARTS) is 2. The third-order valence-electron chi connectivity index (χ3n) is 6.55. The maximum absolute atomic E-state index is 13.6. The van der Waals surface area contributed by atoms with Gasteiger partial charge in [0.1, 0.15) is 5.75 Å². The number of aryl methyl sites for hydroxylation is 1. The third-order valence-corrected chi connectivity index (χ3v) is 6.55. The number of aliphatic carboxylic acids is 2. The average Bonchev–Trinajstić information content (AvgIpc) is 3.31. The molecule has 2 N–H and O–H groups in total. The molecule has 0 saturated carbocycles. The van der Waals surface area contributed by atoms with Crippen LogP contribution < -0.4 is 9.47 Å². The zero-order chi connectivity index (χ0) is 30.1. The van der Waals surface area contributed by atoms with Gasteiger partial charge in [0.2, 0.25) is 5.82 Å². The Morgan fingerprint density at radius 1 is 0.810 bits per heavy atom. The van der Waals surface area contributed by atoms with Crippen LogP contribution in [0.3, 0.4) is 0 Å². The largest absolute Gasteiger partial charge is 0.494 e. The molecular weight excluding hydrogens is 551 g/mol. The summed E-state index contributed by atoms with van der Waals surface area (Å²) >= 11 is 0. The van der Waals surface area contributed by atoms with Gasteiger partial charge in [-0.3, -0.25) is 9.59 Å². The minimum Gasteiger partial charge on any atom is -0.494 e. The summed E-state index contributed by atoms with van der Waals surface area (Å²) in [6.07, 6.45) is 7.07. The molecule has 0 spiro atoms. The van der Waals surface area contributed by atoms with Crippen LogP contribution in [0.2, 0.25) is 0 Å². The number of aromatic nitrogens is 1. The summed E-state index contributed by atoms with van der Waals surface area (Å²) in [6.45, 7) is 0.981. The number of unbranched alkanes of at least 4 members (excludes halogenated alkanes) is 1. The summed E-state index contributed by atoms with van der Waals surface area (Å²) in [5.74, 6) is -5.66. The fraction of sp³-hybridized carbons (Fsp3) is 0.250. The van der Waals surface area contributed by atoms with Crippen LogP contribution in [0, 0.1) is 17.5 Å². The normalized spacial score (nSPS) is 11.3. The van der Waals surface area contributed by atoms with Crippen molar-refractivity contribution < 1.29 is 42.4 Å². The fourth-order valence-electron chi connectivity index (χ4n) is 4.55. The van der Waals surface area contributed by atoms with E-state index in [0.29, 0.717) is 43.7 Å². The van der Waals surface area contributed by atoms with Crippen molar-refractivity contribution in [1.82, 2.24) is 4.57 Å². The second-order valence-corrected chi connectivity index (χ2v) is 9.64. The van der Waals surface area contributed by atoms with Crippen molar-refractivity contribution in [3.63, 3.8) is 0 Å². The van der Waals surface area contributed by atoms with E-state index in [-0.39, 0.29) is 25.2 Å². The highest BCUT2D eigenvalue weighted by molar-refractivity contribution is 5.96. The highest BCUT2D eigenvalue weighted by Gasteiger charge is 2.15. The minimum absolute atomic E-state index is 0.0305. The van der Waals surface area contributed by atoms with Gasteiger partial charge in [0.25, 0.3) is 0 Å². The number of nitrogens with zero attached hydrogens (tertiary/aromatic N) is 1. The van der Waals surface area contributed by atoms with Gasteiger partial charge in [0.05, 0.1) is 19.6 Å². The number of rotatable bonds is 15. The second kappa shape index (κ2) is 14.2. The molecule has 0 saturated heterocycles. The lowest BCUT2D eigenvalue weighted by molar-refractivity contribution is -0.137. The molecule has 0 aliphatic heterocycles. The number of carboxylic acids is 2. The van der Waals surface area contributed by atoms with Crippen molar-refractivity contribution in [1.29, 1.82) is 0 Å². The van der Waals surface area contributed by atoms with Crippen molar-refractivity contribution in [3.05, 3.63) is 94.9 Å². The van der Waals surface area contributed by atoms with E-state index in [4.69, 9.17) is 14.6 Å². The van der Waals surface area contributed by atoms with Crippen LogP contribution in [0.1, 0.15) is 42.4 Å². The quantitative estimate of drug-likeness (QED) is 0.0895. The Labute approximate surface area is 240 Å². The smallest absolute Gasteiger partial charge is 0.307 e. The molecule has 220 valence electrons. The molecule has 7 nitrogen and oxygen atoms in total. The molecule has 4 aromatic rings. The third kappa shape index (κ3) is 7.93. The van der Waals surface area contributed by atoms with Crippen LogP contribution in [-0.4, -0.2) is 39.9 Å². The van der Waals surface area contributed by atoms with Crippen LogP contribution in [0.15, 0.2) is 60.8 Å². The standard InChI is InChI=1S/C32H30F3NO6/c33-25-14-15-27(32(35)31(25)34)42-18-2-1-17-41-24-12-9-21(10-13-24)8-11-22-5-3-6-26-30(22)23(19-29(39)40)20-36(26)16-4-7-28(37)38/h3,5-6,8-15,20H,1-2,4,7,16-19H2,(H,37,38)(H,39,40). The molecule has 0 fully saturated rings. The number of fused-ring (bicyclic) bond motifs is 1. The first-order valence-corrected chi connectivity index (χ1v) is 13.4. The molecule has 10 heteroatoms. The average molecular weight is 582 g/mol. The SMILES string of the molecule is O=C(O)CCCn1cc(CC(=O)O)c2c(C=Cc3ccc(OCCCCOc4ccc(F)c(F)c4F)cc3)cccc21. The molecule has 42 heavy (non-hydrogen) atoms. The van der Waals surface area contributed by atoms with Crippen LogP contribution in [0.25, 0.3) is 23.1 Å². The van der Waals surface area contributed by atoms with Gasteiger partial charge in [0, 0.05) is 30.1 Å². The van der Waals surface area contributed by atoms with Gasteiger partial charge in [-0.15, -0.1) is 0 Å². The Morgan fingerprint density at radius 3 is 2.26 bits per heavy atom. The summed E-state index contributed by atoms with van der Waals surface area (Å²) in [5, 5.41) is 19.2. The molecule has 3 aromatic carbocycles. The van der Waals surface area contributed by atoms with E-state index in [0.717, 1.165) is 34.2 Å². The summed E-state index contributed by atoms with van der Waals surface area (Å²) < 4.78 is 52.7. The fourth-order valence-corrected chi connectivity index (χ4v) is 4.55. The van der Waals surface area contributed by atoms with Gasteiger partial charge in [-0.2, -0.15) is 4.39 Å². The number of hydrogen-bond acceptors (Lipinski definition) is 4. The first-order chi connectivity index (χ1) is 20.2. The van der Waals surface area contributed by atoms with E-state index in [1.807, 2.05) is 59.2 Å². The molecule has 0 aliphatic rings. The maximum Gasteiger partial charge on any atom is 0.307 e. The molecule has 0 unspecified atom stereocenters. The number of halogens is 3. The van der Waals surface area contributed by atoms with E-state index < -0.39 is 29.4 Å². The molecule has 0 atom stereocenters. The topological polar surface area (TPSA) is 98.0 Å². The summed E-state index contributed by atoms with van der Waals surface area (Å²) in [6, 6.07) is 15.0. The van der Waals surface area contributed by atoms with Crippen molar-refractivity contribution in [2.24, 2.45) is 0 Å². The van der Waals surface area contributed by atoms with Gasteiger partial charge < -0.3 is 24.3 Å².